The molecule has 1 aromatic carbocycles. The molecule has 0 atom stereocenters. The van der Waals surface area contributed by atoms with Gasteiger partial charge in [-0.2, -0.15) is 5.10 Å². The number of carbonyl (C=O) groups is 2. The zero-order chi connectivity index (χ0) is 26.6. The molecule has 0 fully saturated rings. The number of aryl methyl sites for hydroxylation is 3. The highest BCUT2D eigenvalue weighted by atomic mass is 79.9. The van der Waals surface area contributed by atoms with Crippen LogP contribution in [-0.4, -0.2) is 59.7 Å². The number of aromatic nitrogens is 4. The first-order valence-corrected chi connectivity index (χ1v) is 16.7. The van der Waals surface area contributed by atoms with E-state index in [0.717, 1.165) is 23.7 Å². The second kappa shape index (κ2) is 11.7. The summed E-state index contributed by atoms with van der Waals surface area (Å²) < 4.78 is 15.4. The Balaban J connectivity index is 2.13. The maximum atomic E-state index is 13.9. The van der Waals surface area contributed by atoms with E-state index in [1.165, 1.54) is 7.11 Å². The van der Waals surface area contributed by atoms with Crippen molar-refractivity contribution in [2.75, 3.05) is 25.3 Å². The molecule has 3 rings (SSSR count). The molecule has 0 bridgehead atoms. The lowest BCUT2D eigenvalue weighted by molar-refractivity contribution is 0.0600. The highest BCUT2D eigenvalue weighted by molar-refractivity contribution is 9.10. The standard InChI is InChI=1S/C25H36BrN5O4Si/c1-8-10-29-22-19(26)14-18(24(33)34-4)15-20(22)27-25(29)30(16-35-11-12-36(5,6)7)23(32)21-13-17(3)28-31(21)9-2/h13-15H,8-12,16H2,1-7H3. The molecule has 2 aromatic heterocycles. The van der Waals surface area contributed by atoms with Crippen LogP contribution < -0.4 is 4.90 Å². The average molecular weight is 579 g/mol. The molecular formula is C25H36BrN5O4Si. The SMILES string of the molecule is CCCn1c(N(COCC[Si](C)(C)C)C(=O)c2cc(C)nn2CC)nc2cc(C(=O)OC)cc(Br)c21. The van der Waals surface area contributed by atoms with Gasteiger partial charge in [0, 0.05) is 32.2 Å². The topological polar surface area (TPSA) is 91.5 Å². The molecule has 0 N–H and O–H groups in total. The fraction of sp³-hybridized carbons (Fsp3) is 0.520. The third-order valence-corrected chi connectivity index (χ3v) is 8.08. The Labute approximate surface area is 221 Å². The lowest BCUT2D eigenvalue weighted by atomic mass is 10.2. The number of fused-ring (bicyclic) bond motifs is 1. The molecule has 196 valence electrons. The number of halogens is 1. The van der Waals surface area contributed by atoms with Gasteiger partial charge in [0.05, 0.1) is 29.4 Å². The molecule has 36 heavy (non-hydrogen) atoms. The third kappa shape index (κ3) is 6.24. The van der Waals surface area contributed by atoms with Crippen molar-refractivity contribution in [2.24, 2.45) is 0 Å². The number of imidazole rings is 1. The normalized spacial score (nSPS) is 11.8. The first kappa shape index (κ1) is 28.1. The van der Waals surface area contributed by atoms with Gasteiger partial charge in [0.2, 0.25) is 5.95 Å². The summed E-state index contributed by atoms with van der Waals surface area (Å²) in [5, 5.41) is 4.46. The number of ether oxygens (including phenoxy) is 2. The van der Waals surface area contributed by atoms with Gasteiger partial charge in [-0.15, -0.1) is 0 Å². The zero-order valence-electron chi connectivity index (χ0n) is 22.2. The molecule has 2 heterocycles. The number of benzene rings is 1. The van der Waals surface area contributed by atoms with E-state index in [9.17, 15) is 9.59 Å². The largest absolute Gasteiger partial charge is 0.465 e. The Morgan fingerprint density at radius 3 is 2.50 bits per heavy atom. The predicted octanol–water partition coefficient (Wildman–Crippen LogP) is 5.48. The number of hydrogen-bond donors (Lipinski definition) is 0. The number of carbonyl (C=O) groups excluding carboxylic acids is 2. The zero-order valence-corrected chi connectivity index (χ0v) is 24.8. The van der Waals surface area contributed by atoms with Gasteiger partial charge in [-0.3, -0.25) is 14.4 Å². The molecule has 3 aromatic rings. The Morgan fingerprint density at radius 2 is 1.89 bits per heavy atom. The minimum Gasteiger partial charge on any atom is -0.465 e. The van der Waals surface area contributed by atoms with Crippen LogP contribution in [0, 0.1) is 6.92 Å². The van der Waals surface area contributed by atoms with E-state index >= 15 is 0 Å². The van der Waals surface area contributed by atoms with Crippen molar-refractivity contribution in [3.63, 3.8) is 0 Å². The second-order valence-corrected chi connectivity index (χ2v) is 16.4. The fourth-order valence-electron chi connectivity index (χ4n) is 3.92. The van der Waals surface area contributed by atoms with Crippen molar-refractivity contribution in [2.45, 2.75) is 66.0 Å². The van der Waals surface area contributed by atoms with Crippen LogP contribution in [0.1, 0.15) is 46.8 Å². The lowest BCUT2D eigenvalue weighted by Gasteiger charge is -2.24. The third-order valence-electron chi connectivity index (χ3n) is 5.77. The van der Waals surface area contributed by atoms with Crippen LogP contribution in [0.5, 0.6) is 0 Å². The summed E-state index contributed by atoms with van der Waals surface area (Å²) in [7, 11) is 0.0432. The summed E-state index contributed by atoms with van der Waals surface area (Å²) in [5.74, 6) is -0.217. The molecule has 0 unspecified atom stereocenters. The van der Waals surface area contributed by atoms with Crippen molar-refractivity contribution in [1.29, 1.82) is 0 Å². The van der Waals surface area contributed by atoms with Crippen LogP contribution >= 0.6 is 15.9 Å². The summed E-state index contributed by atoms with van der Waals surface area (Å²) in [5.41, 5.74) is 3.03. The van der Waals surface area contributed by atoms with Gasteiger partial charge in [0.1, 0.15) is 12.4 Å². The minimum absolute atomic E-state index is 0.0613. The number of amides is 1. The molecule has 1 amide bonds. The first-order valence-electron chi connectivity index (χ1n) is 12.2. The molecule has 0 saturated heterocycles. The number of hydrogen-bond acceptors (Lipinski definition) is 6. The molecule has 0 saturated carbocycles. The molecular weight excluding hydrogens is 542 g/mol. The molecule has 9 nitrogen and oxygen atoms in total. The molecule has 0 aliphatic heterocycles. The van der Waals surface area contributed by atoms with Crippen LogP contribution in [0.4, 0.5) is 5.95 Å². The van der Waals surface area contributed by atoms with E-state index in [2.05, 4.69) is 47.6 Å². The van der Waals surface area contributed by atoms with Crippen LogP contribution in [-0.2, 0) is 22.6 Å². The van der Waals surface area contributed by atoms with Gasteiger partial charge in [0.15, 0.2) is 0 Å². The maximum Gasteiger partial charge on any atom is 0.337 e. The summed E-state index contributed by atoms with van der Waals surface area (Å²) >= 11 is 3.61. The smallest absolute Gasteiger partial charge is 0.337 e. The Kier molecular flexibility index (Phi) is 9.12. The van der Waals surface area contributed by atoms with E-state index in [1.807, 2.05) is 18.4 Å². The Hall–Kier alpha value is -2.50. The average Bonchev–Trinajstić information content (AvgIpc) is 3.38. The number of anilines is 1. The van der Waals surface area contributed by atoms with Crippen molar-refractivity contribution >= 4 is 52.9 Å². The monoisotopic (exact) mass is 577 g/mol. The van der Waals surface area contributed by atoms with Gasteiger partial charge in [-0.05, 0) is 60.4 Å². The van der Waals surface area contributed by atoms with Crippen molar-refractivity contribution in [3.05, 3.63) is 39.6 Å². The van der Waals surface area contributed by atoms with Gasteiger partial charge in [-0.25, -0.2) is 9.78 Å². The van der Waals surface area contributed by atoms with E-state index in [4.69, 9.17) is 14.5 Å². The fourth-order valence-corrected chi connectivity index (χ4v) is 5.34. The van der Waals surface area contributed by atoms with Gasteiger partial charge < -0.3 is 14.0 Å². The summed E-state index contributed by atoms with van der Waals surface area (Å²) in [6, 6.07) is 6.19. The lowest BCUT2D eigenvalue weighted by Crippen LogP contribution is -2.37. The summed E-state index contributed by atoms with van der Waals surface area (Å²) in [6.45, 7) is 14.6. The van der Waals surface area contributed by atoms with Crippen LogP contribution in [0.3, 0.4) is 0 Å². The van der Waals surface area contributed by atoms with E-state index in [-0.39, 0.29) is 12.6 Å². The van der Waals surface area contributed by atoms with Gasteiger partial charge in [0.25, 0.3) is 5.91 Å². The van der Waals surface area contributed by atoms with Crippen molar-refractivity contribution < 1.29 is 19.1 Å². The summed E-state index contributed by atoms with van der Waals surface area (Å²) in [6.07, 6.45) is 0.828. The van der Waals surface area contributed by atoms with Crippen LogP contribution in [0.15, 0.2) is 22.7 Å². The Morgan fingerprint density at radius 1 is 1.17 bits per heavy atom. The number of rotatable bonds is 11. The minimum atomic E-state index is -1.30. The van der Waals surface area contributed by atoms with Crippen molar-refractivity contribution in [1.82, 2.24) is 19.3 Å². The quantitative estimate of drug-likeness (QED) is 0.130. The first-order chi connectivity index (χ1) is 17.0. The van der Waals surface area contributed by atoms with Crippen molar-refractivity contribution in [3.8, 4) is 0 Å². The summed E-state index contributed by atoms with van der Waals surface area (Å²) in [4.78, 5) is 32.5. The predicted molar refractivity (Wildman–Crippen MR) is 147 cm³/mol. The molecule has 0 aliphatic carbocycles. The number of esters is 1. The molecule has 0 aliphatic rings. The molecule has 11 heteroatoms. The molecule has 0 spiro atoms. The van der Waals surface area contributed by atoms with E-state index in [1.54, 1.807) is 27.8 Å². The highest BCUT2D eigenvalue weighted by Gasteiger charge is 2.28. The maximum absolute atomic E-state index is 13.9. The van der Waals surface area contributed by atoms with E-state index < -0.39 is 14.0 Å². The molecule has 0 radical (unpaired) electrons. The van der Waals surface area contributed by atoms with Crippen LogP contribution in [0.25, 0.3) is 11.0 Å². The Bertz CT molecular complexity index is 1250. The highest BCUT2D eigenvalue weighted by Crippen LogP contribution is 2.32. The number of methoxy groups -OCH3 is 1. The van der Waals surface area contributed by atoms with Crippen LogP contribution in [0.2, 0.25) is 25.7 Å². The van der Waals surface area contributed by atoms with Gasteiger partial charge in [-0.1, -0.05) is 26.6 Å². The van der Waals surface area contributed by atoms with E-state index in [0.29, 0.717) is 46.9 Å². The number of nitrogens with zero attached hydrogens (tertiary/aromatic N) is 5. The van der Waals surface area contributed by atoms with Gasteiger partial charge >= 0.3 is 5.97 Å². The second-order valence-electron chi connectivity index (χ2n) is 9.95.